The monoisotopic (exact) mass is 349 g/mol. The molecule has 1 unspecified atom stereocenters. The highest BCUT2D eigenvalue weighted by atomic mass is 35.5. The first-order valence-electron chi connectivity index (χ1n) is 7.38. The summed E-state index contributed by atoms with van der Waals surface area (Å²) < 4.78 is 0. The summed E-state index contributed by atoms with van der Waals surface area (Å²) in [5.41, 5.74) is 0.0313. The van der Waals surface area contributed by atoms with Crippen LogP contribution in [0.3, 0.4) is 0 Å². The van der Waals surface area contributed by atoms with Crippen molar-refractivity contribution in [2.24, 2.45) is 10.8 Å². The van der Waals surface area contributed by atoms with Crippen molar-refractivity contribution in [3.63, 3.8) is 0 Å². The summed E-state index contributed by atoms with van der Waals surface area (Å²) in [4.78, 5) is 4.56. The Hall–Kier alpha value is -1.59. The molecule has 0 amide bonds. The van der Waals surface area contributed by atoms with Crippen LogP contribution in [0.1, 0.15) is 30.9 Å². The smallest absolute Gasteiger partial charge is 0.209 e. The molecule has 0 saturated carbocycles. The second-order valence-electron chi connectivity index (χ2n) is 5.46. The minimum Gasteiger partial charge on any atom is -0.362 e. The number of hydrazine groups is 1. The number of hydrogen-bond donors (Lipinski definition) is 2. The van der Waals surface area contributed by atoms with E-state index < -0.39 is 5.72 Å². The molecular formula is C17H17Cl2N3O. The Kier molecular flexibility index (Phi) is 4.34. The summed E-state index contributed by atoms with van der Waals surface area (Å²) in [5.74, 6) is 6.86. The average Bonchev–Trinajstić information content (AvgIpc) is 2.54. The number of aliphatic imine (C=N–C) groups is 1. The molecule has 2 aromatic carbocycles. The van der Waals surface area contributed by atoms with E-state index in [-0.39, 0.29) is 0 Å². The predicted molar refractivity (Wildman–Crippen MR) is 93.9 cm³/mol. The van der Waals surface area contributed by atoms with Crippen LogP contribution in [0.5, 0.6) is 0 Å². The van der Waals surface area contributed by atoms with Gasteiger partial charge in [-0.1, -0.05) is 48.3 Å². The van der Waals surface area contributed by atoms with Crippen LogP contribution in [0.2, 0.25) is 10.0 Å². The van der Waals surface area contributed by atoms with E-state index in [1.54, 1.807) is 36.4 Å². The average molecular weight is 350 g/mol. The number of nitrogens with zero attached hydrogens (tertiary/aromatic N) is 2. The second kappa shape index (κ2) is 6.13. The van der Waals surface area contributed by atoms with Gasteiger partial charge in [0.25, 0.3) is 0 Å². The van der Waals surface area contributed by atoms with Crippen LogP contribution < -0.4 is 5.84 Å². The number of halogens is 2. The number of hydrogen-bond acceptors (Lipinski definition) is 4. The van der Waals surface area contributed by atoms with Crippen molar-refractivity contribution in [1.82, 2.24) is 5.01 Å². The summed E-state index contributed by atoms with van der Waals surface area (Å²) in [6.07, 6.45) is 1.50. The first-order valence-corrected chi connectivity index (χ1v) is 8.14. The Balaban J connectivity index is 2.29. The zero-order valence-corrected chi connectivity index (χ0v) is 14.1. The lowest BCUT2D eigenvalue weighted by Gasteiger charge is -2.42. The molecule has 3 N–H and O–H groups in total. The Morgan fingerprint density at radius 3 is 2.61 bits per heavy atom. The lowest BCUT2D eigenvalue weighted by atomic mass is 9.90. The maximum Gasteiger partial charge on any atom is 0.209 e. The van der Waals surface area contributed by atoms with E-state index in [2.05, 4.69) is 4.99 Å². The minimum atomic E-state index is -1.62. The van der Waals surface area contributed by atoms with Crippen molar-refractivity contribution in [1.29, 1.82) is 0 Å². The minimum absolute atomic E-state index is 0.425. The van der Waals surface area contributed by atoms with Gasteiger partial charge in [-0.25, -0.2) is 10.8 Å². The molecule has 0 bridgehead atoms. The fraction of sp³-hybridized carbons (Fsp3) is 0.235. The van der Waals surface area contributed by atoms with Crippen LogP contribution >= 0.6 is 23.2 Å². The van der Waals surface area contributed by atoms with Gasteiger partial charge in [-0.15, -0.1) is 0 Å². The standard InChI is InChI=1S/C17H17Cl2N3O/c1-2-5-16-21-15-9-8-11(18)10-13(15)17(23,22(16)20)12-6-3-4-7-14(12)19/h3-4,6-10,23H,2,5,20H2,1H3. The molecule has 0 aliphatic carbocycles. The van der Waals surface area contributed by atoms with E-state index in [9.17, 15) is 5.11 Å². The van der Waals surface area contributed by atoms with E-state index in [1.807, 2.05) is 13.0 Å². The van der Waals surface area contributed by atoms with E-state index in [0.717, 1.165) is 6.42 Å². The fourth-order valence-corrected chi connectivity index (χ4v) is 3.25. The van der Waals surface area contributed by atoms with Crippen molar-refractivity contribution >= 4 is 34.7 Å². The number of nitrogens with two attached hydrogens (primary N) is 1. The zero-order valence-electron chi connectivity index (χ0n) is 12.6. The van der Waals surface area contributed by atoms with E-state index in [0.29, 0.717) is 39.1 Å². The molecule has 0 spiro atoms. The lowest BCUT2D eigenvalue weighted by Crippen LogP contribution is -2.56. The molecule has 1 atom stereocenters. The van der Waals surface area contributed by atoms with Gasteiger partial charge in [0.15, 0.2) is 0 Å². The van der Waals surface area contributed by atoms with Gasteiger partial charge in [-0.05, 0) is 30.7 Å². The number of benzene rings is 2. The van der Waals surface area contributed by atoms with Gasteiger partial charge in [0.05, 0.1) is 5.69 Å². The summed E-state index contributed by atoms with van der Waals surface area (Å²) in [6, 6.07) is 12.3. The Labute approximate surface area is 145 Å². The molecule has 1 heterocycles. The van der Waals surface area contributed by atoms with Crippen molar-refractivity contribution < 1.29 is 5.11 Å². The van der Waals surface area contributed by atoms with Crippen LogP contribution in [0.25, 0.3) is 0 Å². The SMILES string of the molecule is CCCC1=Nc2ccc(Cl)cc2C(O)(c2ccccc2Cl)N1N. The highest BCUT2D eigenvalue weighted by Crippen LogP contribution is 2.44. The number of aliphatic hydroxyl groups is 1. The van der Waals surface area contributed by atoms with E-state index in [1.165, 1.54) is 5.01 Å². The van der Waals surface area contributed by atoms with Crippen LogP contribution in [0, 0.1) is 0 Å². The number of fused-ring (bicyclic) bond motifs is 1. The molecule has 120 valence electrons. The highest BCUT2D eigenvalue weighted by Gasteiger charge is 2.44. The molecule has 3 rings (SSSR count). The fourth-order valence-electron chi connectivity index (χ4n) is 2.81. The molecule has 4 nitrogen and oxygen atoms in total. The molecule has 23 heavy (non-hydrogen) atoms. The molecule has 1 aliphatic rings. The van der Waals surface area contributed by atoms with Crippen LogP contribution in [-0.4, -0.2) is 16.0 Å². The quantitative estimate of drug-likeness (QED) is 0.816. The maximum atomic E-state index is 11.5. The number of amidine groups is 1. The summed E-state index contributed by atoms with van der Waals surface area (Å²) in [7, 11) is 0. The molecule has 1 aliphatic heterocycles. The highest BCUT2D eigenvalue weighted by molar-refractivity contribution is 6.31. The Bertz CT molecular complexity index is 778. The van der Waals surface area contributed by atoms with Gasteiger partial charge in [0.2, 0.25) is 5.72 Å². The second-order valence-corrected chi connectivity index (χ2v) is 6.31. The third kappa shape index (κ3) is 2.62. The molecule has 0 saturated heterocycles. The lowest BCUT2D eigenvalue weighted by molar-refractivity contribution is -0.0420. The van der Waals surface area contributed by atoms with Crippen molar-refractivity contribution in [2.75, 3.05) is 0 Å². The third-order valence-electron chi connectivity index (χ3n) is 3.93. The predicted octanol–water partition coefficient (Wildman–Crippen LogP) is 4.21. The first kappa shape index (κ1) is 16.3. The van der Waals surface area contributed by atoms with Gasteiger partial charge in [0, 0.05) is 27.6 Å². The van der Waals surface area contributed by atoms with E-state index >= 15 is 0 Å². The summed E-state index contributed by atoms with van der Waals surface area (Å²) in [5, 5.41) is 13.8. The molecule has 2 aromatic rings. The van der Waals surface area contributed by atoms with E-state index in [4.69, 9.17) is 29.0 Å². The van der Waals surface area contributed by atoms with Gasteiger partial charge < -0.3 is 5.11 Å². The van der Waals surface area contributed by atoms with Crippen molar-refractivity contribution in [2.45, 2.75) is 25.5 Å². The molecule has 6 heteroatoms. The molecule has 0 radical (unpaired) electrons. The van der Waals surface area contributed by atoms with Crippen LogP contribution in [0.4, 0.5) is 5.69 Å². The maximum absolute atomic E-state index is 11.5. The van der Waals surface area contributed by atoms with Gasteiger partial charge in [-0.3, -0.25) is 5.01 Å². The summed E-state index contributed by atoms with van der Waals surface area (Å²) in [6.45, 7) is 2.03. The normalized spacial score (nSPS) is 20.2. The topological polar surface area (TPSA) is 61.9 Å². The largest absolute Gasteiger partial charge is 0.362 e. The van der Waals surface area contributed by atoms with Gasteiger partial charge >= 0.3 is 0 Å². The van der Waals surface area contributed by atoms with Crippen molar-refractivity contribution in [3.8, 4) is 0 Å². The van der Waals surface area contributed by atoms with Gasteiger partial charge in [-0.2, -0.15) is 0 Å². The molecule has 0 fully saturated rings. The number of rotatable bonds is 3. The Morgan fingerprint density at radius 1 is 1.17 bits per heavy atom. The summed E-state index contributed by atoms with van der Waals surface area (Å²) >= 11 is 12.5. The van der Waals surface area contributed by atoms with Crippen molar-refractivity contribution in [3.05, 3.63) is 63.6 Å². The first-order chi connectivity index (χ1) is 11.0. The molecule has 0 aromatic heterocycles. The molecular weight excluding hydrogens is 333 g/mol. The Morgan fingerprint density at radius 2 is 1.91 bits per heavy atom. The van der Waals surface area contributed by atoms with Gasteiger partial charge in [0.1, 0.15) is 5.84 Å². The van der Waals surface area contributed by atoms with Crippen LogP contribution in [0.15, 0.2) is 47.5 Å². The zero-order chi connectivity index (χ0) is 16.6. The van der Waals surface area contributed by atoms with Crippen LogP contribution in [-0.2, 0) is 5.72 Å². The third-order valence-corrected chi connectivity index (χ3v) is 4.50.